The van der Waals surface area contributed by atoms with Crippen molar-refractivity contribution in [3.8, 4) is 0 Å². The van der Waals surface area contributed by atoms with E-state index in [1.54, 1.807) is 0 Å². The molecule has 3 heteroatoms. The van der Waals surface area contributed by atoms with Gasteiger partial charge in [0.15, 0.2) is 0 Å². The van der Waals surface area contributed by atoms with E-state index in [0.717, 1.165) is 13.1 Å². The number of hydrogen-bond acceptors (Lipinski definition) is 3. The van der Waals surface area contributed by atoms with Crippen LogP contribution < -0.4 is 5.32 Å². The highest BCUT2D eigenvalue weighted by atomic mass is 15.2. The summed E-state index contributed by atoms with van der Waals surface area (Å²) in [4.78, 5) is 4.85. The first kappa shape index (κ1) is 16.9. The summed E-state index contributed by atoms with van der Waals surface area (Å²) in [5.41, 5.74) is 0. The van der Waals surface area contributed by atoms with Gasteiger partial charge in [-0.1, -0.05) is 13.8 Å². The van der Waals surface area contributed by atoms with Crippen LogP contribution in [0.25, 0.3) is 0 Å². The van der Waals surface area contributed by atoms with Gasteiger partial charge < -0.3 is 10.2 Å². The third-order valence-electron chi connectivity index (χ3n) is 3.34. The normalized spacial score (nSPS) is 15.5. The maximum atomic E-state index is 3.60. The zero-order valence-electron chi connectivity index (χ0n) is 12.8. The Morgan fingerprint density at radius 1 is 1.00 bits per heavy atom. The molecule has 3 nitrogen and oxygen atoms in total. The smallest absolute Gasteiger partial charge is 0.0192 e. The molecule has 0 aliphatic rings. The molecule has 104 valence electrons. The molecule has 0 saturated heterocycles. The Balaban J connectivity index is 3.99. The van der Waals surface area contributed by atoms with Crippen LogP contribution in [0.2, 0.25) is 0 Å². The van der Waals surface area contributed by atoms with Crippen LogP contribution in [0, 0.1) is 0 Å². The van der Waals surface area contributed by atoms with Gasteiger partial charge in [-0.25, -0.2) is 0 Å². The lowest BCUT2D eigenvalue weighted by molar-refractivity contribution is 0.182. The van der Waals surface area contributed by atoms with E-state index in [4.69, 9.17) is 0 Å². The molecule has 0 amide bonds. The summed E-state index contributed by atoms with van der Waals surface area (Å²) in [5, 5.41) is 3.60. The average Bonchev–Trinajstić information content (AvgIpc) is 2.30. The van der Waals surface area contributed by atoms with Gasteiger partial charge in [0.25, 0.3) is 0 Å². The van der Waals surface area contributed by atoms with Gasteiger partial charge in [-0.05, 0) is 47.3 Å². The number of hydrogen-bond donors (Lipinski definition) is 1. The molecule has 17 heavy (non-hydrogen) atoms. The summed E-state index contributed by atoms with van der Waals surface area (Å²) in [7, 11) is 4.29. The van der Waals surface area contributed by atoms with E-state index in [1.807, 2.05) is 0 Å². The first-order valence-electron chi connectivity index (χ1n) is 7.13. The third-order valence-corrected chi connectivity index (χ3v) is 3.34. The second-order valence-electron chi connectivity index (χ2n) is 5.41. The Morgan fingerprint density at radius 2 is 1.65 bits per heavy atom. The molecule has 0 radical (unpaired) electrons. The van der Waals surface area contributed by atoms with Gasteiger partial charge in [-0.2, -0.15) is 0 Å². The number of likely N-dealkylation sites (N-methyl/N-ethyl adjacent to an activating group) is 1. The van der Waals surface area contributed by atoms with Gasteiger partial charge in [-0.15, -0.1) is 0 Å². The Bertz CT molecular complexity index is 171. The predicted molar refractivity (Wildman–Crippen MR) is 77.6 cm³/mol. The summed E-state index contributed by atoms with van der Waals surface area (Å²) in [6.07, 6.45) is 2.44. The van der Waals surface area contributed by atoms with Gasteiger partial charge in [0.2, 0.25) is 0 Å². The fourth-order valence-electron chi connectivity index (χ4n) is 1.81. The SMILES string of the molecule is CCCN(CCN(C)C)C(C)CNC(C)CC. The van der Waals surface area contributed by atoms with Gasteiger partial charge in [-0.3, -0.25) is 4.90 Å². The Kier molecular flexibility index (Phi) is 9.79. The summed E-state index contributed by atoms with van der Waals surface area (Å²) < 4.78 is 0. The summed E-state index contributed by atoms with van der Waals surface area (Å²) >= 11 is 0. The summed E-state index contributed by atoms with van der Waals surface area (Å²) in [5.74, 6) is 0. The molecule has 0 aromatic carbocycles. The van der Waals surface area contributed by atoms with Crippen molar-refractivity contribution in [2.75, 3.05) is 40.3 Å². The van der Waals surface area contributed by atoms with Crippen molar-refractivity contribution in [1.29, 1.82) is 0 Å². The van der Waals surface area contributed by atoms with E-state index in [1.165, 1.54) is 25.9 Å². The highest BCUT2D eigenvalue weighted by Gasteiger charge is 2.13. The van der Waals surface area contributed by atoms with Crippen LogP contribution in [0.3, 0.4) is 0 Å². The molecule has 0 aliphatic carbocycles. The van der Waals surface area contributed by atoms with Crippen molar-refractivity contribution in [1.82, 2.24) is 15.1 Å². The quantitative estimate of drug-likeness (QED) is 0.633. The molecular weight excluding hydrogens is 210 g/mol. The maximum absolute atomic E-state index is 3.60. The highest BCUT2D eigenvalue weighted by molar-refractivity contribution is 4.72. The second kappa shape index (κ2) is 9.86. The number of nitrogens with zero attached hydrogens (tertiary/aromatic N) is 2. The van der Waals surface area contributed by atoms with Crippen molar-refractivity contribution in [2.45, 2.75) is 52.6 Å². The van der Waals surface area contributed by atoms with Crippen molar-refractivity contribution in [3.63, 3.8) is 0 Å². The molecule has 2 atom stereocenters. The van der Waals surface area contributed by atoms with Crippen LogP contribution in [-0.2, 0) is 0 Å². The van der Waals surface area contributed by atoms with Crippen LogP contribution in [0.15, 0.2) is 0 Å². The fraction of sp³-hybridized carbons (Fsp3) is 1.00. The lowest BCUT2D eigenvalue weighted by Crippen LogP contribution is -2.45. The van der Waals surface area contributed by atoms with Crippen LogP contribution in [0.4, 0.5) is 0 Å². The lowest BCUT2D eigenvalue weighted by atomic mass is 10.2. The Morgan fingerprint density at radius 3 is 2.12 bits per heavy atom. The molecule has 0 heterocycles. The molecule has 2 unspecified atom stereocenters. The van der Waals surface area contributed by atoms with Crippen molar-refractivity contribution in [3.05, 3.63) is 0 Å². The van der Waals surface area contributed by atoms with E-state index < -0.39 is 0 Å². The van der Waals surface area contributed by atoms with Crippen molar-refractivity contribution in [2.24, 2.45) is 0 Å². The minimum Gasteiger partial charge on any atom is -0.313 e. The number of nitrogens with one attached hydrogen (secondary N) is 1. The van der Waals surface area contributed by atoms with Crippen LogP contribution in [0.1, 0.15) is 40.5 Å². The maximum Gasteiger partial charge on any atom is 0.0192 e. The standard InChI is InChI=1S/C14H33N3/c1-7-9-17(11-10-16(5)6)14(4)12-15-13(3)8-2/h13-15H,7-12H2,1-6H3. The van der Waals surface area contributed by atoms with E-state index in [0.29, 0.717) is 12.1 Å². The first-order chi connectivity index (χ1) is 8.01. The Labute approximate surface area is 109 Å². The second-order valence-corrected chi connectivity index (χ2v) is 5.41. The fourth-order valence-corrected chi connectivity index (χ4v) is 1.81. The minimum atomic E-state index is 0.629. The van der Waals surface area contributed by atoms with Crippen LogP contribution in [0.5, 0.6) is 0 Å². The molecule has 0 rings (SSSR count). The number of rotatable bonds is 10. The molecule has 0 aromatic heterocycles. The summed E-state index contributed by atoms with van der Waals surface area (Å²) in [6.45, 7) is 13.7. The molecule has 0 spiro atoms. The van der Waals surface area contributed by atoms with Gasteiger partial charge in [0.05, 0.1) is 0 Å². The highest BCUT2D eigenvalue weighted by Crippen LogP contribution is 2.01. The zero-order chi connectivity index (χ0) is 13.3. The molecular formula is C14H33N3. The molecule has 0 saturated carbocycles. The summed E-state index contributed by atoms with van der Waals surface area (Å²) in [6, 6.07) is 1.26. The first-order valence-corrected chi connectivity index (χ1v) is 7.13. The van der Waals surface area contributed by atoms with Gasteiger partial charge >= 0.3 is 0 Å². The third kappa shape index (κ3) is 8.58. The predicted octanol–water partition coefficient (Wildman–Crippen LogP) is 2.04. The minimum absolute atomic E-state index is 0.629. The average molecular weight is 243 g/mol. The largest absolute Gasteiger partial charge is 0.313 e. The van der Waals surface area contributed by atoms with Gasteiger partial charge in [0, 0.05) is 31.7 Å². The van der Waals surface area contributed by atoms with E-state index in [9.17, 15) is 0 Å². The molecule has 1 N–H and O–H groups in total. The van der Waals surface area contributed by atoms with E-state index in [2.05, 4.69) is 56.9 Å². The van der Waals surface area contributed by atoms with Gasteiger partial charge in [0.1, 0.15) is 0 Å². The zero-order valence-corrected chi connectivity index (χ0v) is 12.8. The van der Waals surface area contributed by atoms with E-state index in [-0.39, 0.29) is 0 Å². The topological polar surface area (TPSA) is 18.5 Å². The monoisotopic (exact) mass is 243 g/mol. The molecule has 0 aliphatic heterocycles. The van der Waals surface area contributed by atoms with E-state index >= 15 is 0 Å². The lowest BCUT2D eigenvalue weighted by Gasteiger charge is -2.31. The molecule has 0 fully saturated rings. The van der Waals surface area contributed by atoms with Crippen molar-refractivity contribution < 1.29 is 0 Å². The van der Waals surface area contributed by atoms with Crippen LogP contribution >= 0.6 is 0 Å². The van der Waals surface area contributed by atoms with Crippen LogP contribution in [-0.4, -0.2) is 62.2 Å². The Hall–Kier alpha value is -0.120. The molecule has 0 bridgehead atoms. The molecule has 0 aromatic rings. The van der Waals surface area contributed by atoms with Crippen molar-refractivity contribution >= 4 is 0 Å².